The zero-order chi connectivity index (χ0) is 13.4. The molecule has 1 heterocycles. The van der Waals surface area contributed by atoms with Gasteiger partial charge in [-0.3, -0.25) is 4.79 Å². The van der Waals surface area contributed by atoms with Crippen LogP contribution in [0.1, 0.15) is 20.3 Å². The summed E-state index contributed by atoms with van der Waals surface area (Å²) in [5.74, 6) is -1.13. The minimum atomic E-state index is -1.13. The molecule has 1 rings (SSSR count). The number of carbonyl (C=O) groups excluding carboxylic acids is 1. The lowest BCUT2D eigenvalue weighted by Crippen LogP contribution is -2.24. The van der Waals surface area contributed by atoms with Crippen molar-refractivity contribution in [3.63, 3.8) is 0 Å². The SMILES string of the molecule is CC(C)(O)OCCCOc1ncc(NC=O)cn1. The Labute approximate surface area is 105 Å². The predicted molar refractivity (Wildman–Crippen MR) is 64.1 cm³/mol. The van der Waals surface area contributed by atoms with Crippen molar-refractivity contribution in [3.05, 3.63) is 12.4 Å². The maximum Gasteiger partial charge on any atom is 0.316 e. The summed E-state index contributed by atoms with van der Waals surface area (Å²) in [6.07, 6.45) is 4.06. The van der Waals surface area contributed by atoms with E-state index in [4.69, 9.17) is 9.47 Å². The maximum absolute atomic E-state index is 10.2. The van der Waals surface area contributed by atoms with Gasteiger partial charge in [-0.15, -0.1) is 0 Å². The van der Waals surface area contributed by atoms with Crippen molar-refractivity contribution in [2.75, 3.05) is 18.5 Å². The van der Waals surface area contributed by atoms with E-state index in [1.54, 1.807) is 13.8 Å². The van der Waals surface area contributed by atoms with Gasteiger partial charge in [0.15, 0.2) is 5.79 Å². The molecule has 100 valence electrons. The lowest BCUT2D eigenvalue weighted by Gasteiger charge is -2.17. The van der Waals surface area contributed by atoms with Crippen LogP contribution in [0.3, 0.4) is 0 Å². The number of rotatable bonds is 8. The normalized spacial score (nSPS) is 11.1. The summed E-state index contributed by atoms with van der Waals surface area (Å²) in [5, 5.41) is 11.7. The second kappa shape index (κ2) is 6.87. The molecule has 1 amide bonds. The fourth-order valence-corrected chi connectivity index (χ4v) is 1.08. The Hall–Kier alpha value is -1.73. The zero-order valence-corrected chi connectivity index (χ0v) is 10.4. The fourth-order valence-electron chi connectivity index (χ4n) is 1.08. The van der Waals surface area contributed by atoms with Gasteiger partial charge in [0, 0.05) is 6.42 Å². The maximum atomic E-state index is 10.2. The second-order valence-electron chi connectivity index (χ2n) is 4.01. The van der Waals surface area contributed by atoms with Crippen LogP contribution in [-0.4, -0.2) is 40.5 Å². The highest BCUT2D eigenvalue weighted by molar-refractivity contribution is 5.69. The number of nitrogens with one attached hydrogen (secondary N) is 1. The lowest BCUT2D eigenvalue weighted by molar-refractivity contribution is -0.176. The van der Waals surface area contributed by atoms with Crippen LogP contribution in [0.2, 0.25) is 0 Å². The molecule has 1 aromatic heterocycles. The molecule has 0 aliphatic rings. The number of aromatic nitrogens is 2. The Balaban J connectivity index is 2.21. The molecule has 0 saturated carbocycles. The first-order chi connectivity index (χ1) is 8.51. The first-order valence-corrected chi connectivity index (χ1v) is 5.52. The van der Waals surface area contributed by atoms with E-state index in [1.165, 1.54) is 12.4 Å². The van der Waals surface area contributed by atoms with Crippen LogP contribution in [0.4, 0.5) is 5.69 Å². The van der Waals surface area contributed by atoms with E-state index in [-0.39, 0.29) is 6.01 Å². The van der Waals surface area contributed by atoms with Gasteiger partial charge in [-0.05, 0) is 13.8 Å². The van der Waals surface area contributed by atoms with Gasteiger partial charge in [-0.2, -0.15) is 0 Å². The minimum Gasteiger partial charge on any atom is -0.463 e. The molecule has 0 spiro atoms. The van der Waals surface area contributed by atoms with Crippen molar-refractivity contribution in [1.29, 1.82) is 0 Å². The Kier molecular flexibility index (Phi) is 5.47. The number of hydrogen-bond acceptors (Lipinski definition) is 6. The van der Waals surface area contributed by atoms with Crippen LogP contribution in [0, 0.1) is 0 Å². The van der Waals surface area contributed by atoms with Gasteiger partial charge in [0.2, 0.25) is 6.41 Å². The molecule has 7 heteroatoms. The summed E-state index contributed by atoms with van der Waals surface area (Å²) in [6, 6.07) is 0.231. The first-order valence-electron chi connectivity index (χ1n) is 5.52. The molecule has 0 aliphatic carbocycles. The topological polar surface area (TPSA) is 93.6 Å². The number of carbonyl (C=O) groups is 1. The number of amides is 1. The molecule has 7 nitrogen and oxygen atoms in total. The lowest BCUT2D eigenvalue weighted by atomic mass is 10.4. The Bertz CT molecular complexity index is 362. The number of ether oxygens (including phenoxy) is 2. The smallest absolute Gasteiger partial charge is 0.316 e. The number of aliphatic hydroxyl groups is 1. The van der Waals surface area contributed by atoms with Crippen molar-refractivity contribution in [1.82, 2.24) is 9.97 Å². The molecule has 0 radical (unpaired) electrons. The summed E-state index contributed by atoms with van der Waals surface area (Å²) in [5.41, 5.74) is 0.503. The van der Waals surface area contributed by atoms with Crippen molar-refractivity contribution in [3.8, 4) is 6.01 Å². The average Bonchev–Trinajstić information content (AvgIpc) is 2.30. The number of anilines is 1. The third-order valence-corrected chi connectivity index (χ3v) is 1.83. The quantitative estimate of drug-likeness (QED) is 0.400. The predicted octanol–water partition coefficient (Wildman–Crippen LogP) is 0.559. The van der Waals surface area contributed by atoms with E-state index >= 15 is 0 Å². The Morgan fingerprint density at radius 2 is 2.06 bits per heavy atom. The fraction of sp³-hybridized carbons (Fsp3) is 0.545. The van der Waals surface area contributed by atoms with Gasteiger partial charge >= 0.3 is 6.01 Å². The van der Waals surface area contributed by atoms with Crippen LogP contribution in [0.25, 0.3) is 0 Å². The van der Waals surface area contributed by atoms with Crippen molar-refractivity contribution < 1.29 is 19.4 Å². The van der Waals surface area contributed by atoms with Crippen LogP contribution < -0.4 is 10.1 Å². The van der Waals surface area contributed by atoms with Gasteiger partial charge < -0.3 is 19.9 Å². The molecule has 0 aromatic carbocycles. The Morgan fingerprint density at radius 1 is 1.39 bits per heavy atom. The summed E-state index contributed by atoms with van der Waals surface area (Å²) in [4.78, 5) is 17.9. The van der Waals surface area contributed by atoms with Gasteiger partial charge in [-0.25, -0.2) is 9.97 Å². The molecule has 0 saturated heterocycles. The van der Waals surface area contributed by atoms with Crippen LogP contribution in [0.5, 0.6) is 6.01 Å². The number of hydrogen-bond donors (Lipinski definition) is 2. The van der Waals surface area contributed by atoms with E-state index < -0.39 is 5.79 Å². The number of nitrogens with zero attached hydrogens (tertiary/aromatic N) is 2. The van der Waals surface area contributed by atoms with Crippen molar-refractivity contribution in [2.24, 2.45) is 0 Å². The average molecular weight is 255 g/mol. The van der Waals surface area contributed by atoms with Gasteiger partial charge in [0.1, 0.15) is 0 Å². The zero-order valence-electron chi connectivity index (χ0n) is 10.4. The monoisotopic (exact) mass is 255 g/mol. The molecule has 0 aliphatic heterocycles. The van der Waals surface area contributed by atoms with Gasteiger partial charge in [0.05, 0.1) is 31.3 Å². The third kappa shape index (κ3) is 6.12. The highest BCUT2D eigenvalue weighted by Crippen LogP contribution is 2.07. The van der Waals surface area contributed by atoms with Gasteiger partial charge in [-0.1, -0.05) is 0 Å². The summed E-state index contributed by atoms with van der Waals surface area (Å²) >= 11 is 0. The van der Waals surface area contributed by atoms with E-state index in [1.807, 2.05) is 0 Å². The molecule has 0 unspecified atom stereocenters. The second-order valence-corrected chi connectivity index (χ2v) is 4.01. The van der Waals surface area contributed by atoms with E-state index in [0.29, 0.717) is 31.7 Å². The molecule has 0 bridgehead atoms. The molecule has 2 N–H and O–H groups in total. The molecule has 0 fully saturated rings. The molecule has 1 aromatic rings. The molecule has 0 atom stereocenters. The van der Waals surface area contributed by atoms with Gasteiger partial charge in [0.25, 0.3) is 0 Å². The minimum absolute atomic E-state index is 0.231. The highest BCUT2D eigenvalue weighted by atomic mass is 16.6. The van der Waals surface area contributed by atoms with E-state index in [2.05, 4.69) is 15.3 Å². The summed E-state index contributed by atoms with van der Waals surface area (Å²) in [7, 11) is 0. The molecular weight excluding hydrogens is 238 g/mol. The third-order valence-electron chi connectivity index (χ3n) is 1.83. The molecule has 18 heavy (non-hydrogen) atoms. The van der Waals surface area contributed by atoms with Crippen LogP contribution in [0.15, 0.2) is 12.4 Å². The van der Waals surface area contributed by atoms with Crippen LogP contribution in [-0.2, 0) is 9.53 Å². The summed E-state index contributed by atoms with van der Waals surface area (Å²) in [6.45, 7) is 3.90. The standard InChI is InChI=1S/C11H17N3O4/c1-11(2,16)18-5-3-4-17-10-12-6-9(7-13-10)14-8-15/h6-8,16H,3-5H2,1-2H3,(H,14,15). The molecular formula is C11H17N3O4. The van der Waals surface area contributed by atoms with Crippen molar-refractivity contribution >= 4 is 12.1 Å². The van der Waals surface area contributed by atoms with E-state index in [9.17, 15) is 9.90 Å². The van der Waals surface area contributed by atoms with Crippen LogP contribution >= 0.6 is 0 Å². The van der Waals surface area contributed by atoms with Crippen molar-refractivity contribution in [2.45, 2.75) is 26.1 Å². The Morgan fingerprint density at radius 3 is 2.61 bits per heavy atom. The summed E-state index contributed by atoms with van der Waals surface area (Å²) < 4.78 is 10.4. The van der Waals surface area contributed by atoms with E-state index in [0.717, 1.165) is 0 Å². The highest BCUT2D eigenvalue weighted by Gasteiger charge is 2.11. The largest absolute Gasteiger partial charge is 0.463 e. The first kappa shape index (κ1) is 14.3.